The summed E-state index contributed by atoms with van der Waals surface area (Å²) in [6.07, 6.45) is 9.93. The van der Waals surface area contributed by atoms with Crippen molar-refractivity contribution in [1.82, 2.24) is 4.98 Å². The van der Waals surface area contributed by atoms with Gasteiger partial charge >= 0.3 is 0 Å². The molecule has 1 aliphatic carbocycles. The quantitative estimate of drug-likeness (QED) is 0.802. The first-order valence-corrected chi connectivity index (χ1v) is 7.17. The number of nitrogens with two attached hydrogens (primary N) is 1. The summed E-state index contributed by atoms with van der Waals surface area (Å²) in [7, 11) is 0. The van der Waals surface area contributed by atoms with Crippen LogP contribution in [0.15, 0.2) is 18.3 Å². The third-order valence-corrected chi connectivity index (χ3v) is 3.83. The molecule has 3 N–H and O–H groups in total. The van der Waals surface area contributed by atoms with Crippen LogP contribution in [0, 0.1) is 5.92 Å². The van der Waals surface area contributed by atoms with Crippen molar-refractivity contribution in [3.63, 3.8) is 0 Å². The summed E-state index contributed by atoms with van der Waals surface area (Å²) in [5.74, 6) is 0.885. The summed E-state index contributed by atoms with van der Waals surface area (Å²) in [6.45, 7) is 0.978. The van der Waals surface area contributed by atoms with Crippen LogP contribution in [0.25, 0.3) is 0 Å². The average molecular weight is 263 g/mol. The van der Waals surface area contributed by atoms with Gasteiger partial charge in [0, 0.05) is 12.7 Å². The largest absolute Gasteiger partial charge is 0.388 e. The average Bonchev–Trinajstić information content (AvgIpc) is 2.40. The molecule has 0 spiro atoms. The lowest BCUT2D eigenvalue weighted by atomic mass is 9.87. The molecule has 1 aromatic heterocycles. The van der Waals surface area contributed by atoms with E-state index in [2.05, 4.69) is 10.3 Å². The monoisotopic (exact) mass is 263 g/mol. The number of aromatic nitrogens is 1. The van der Waals surface area contributed by atoms with Gasteiger partial charge in [-0.15, -0.1) is 0 Å². The molecule has 1 heterocycles. The molecule has 1 aliphatic rings. The van der Waals surface area contributed by atoms with Crippen molar-refractivity contribution in [2.24, 2.45) is 11.7 Å². The Balaban J connectivity index is 1.84. The summed E-state index contributed by atoms with van der Waals surface area (Å²) in [5.41, 5.74) is 7.32. The summed E-state index contributed by atoms with van der Waals surface area (Å²) in [6, 6.07) is 3.90. The molecule has 18 heavy (non-hydrogen) atoms. The van der Waals surface area contributed by atoms with Gasteiger partial charge in [0.25, 0.3) is 0 Å². The molecule has 0 atom stereocenters. The lowest BCUT2D eigenvalue weighted by Gasteiger charge is -2.21. The maximum absolute atomic E-state index is 5.66. The molecular weight excluding hydrogens is 242 g/mol. The highest BCUT2D eigenvalue weighted by Gasteiger charge is 2.13. The van der Waals surface area contributed by atoms with Crippen LogP contribution in [0.4, 0.5) is 5.69 Å². The summed E-state index contributed by atoms with van der Waals surface area (Å²) in [5, 5.41) is 3.41. The van der Waals surface area contributed by atoms with Crippen molar-refractivity contribution in [3.05, 3.63) is 24.0 Å². The maximum Gasteiger partial charge on any atom is 0.124 e. The Morgan fingerprint density at radius 2 is 2.17 bits per heavy atom. The zero-order chi connectivity index (χ0) is 12.8. The van der Waals surface area contributed by atoms with E-state index in [1.807, 2.05) is 12.1 Å². The third kappa shape index (κ3) is 3.67. The number of thiocarbonyl (C=S) groups is 1. The second kappa shape index (κ2) is 6.69. The minimum absolute atomic E-state index is 0.357. The Morgan fingerprint density at radius 1 is 1.39 bits per heavy atom. The molecule has 1 aromatic rings. The van der Waals surface area contributed by atoms with E-state index in [1.54, 1.807) is 6.20 Å². The second-order valence-corrected chi connectivity index (χ2v) is 5.42. The van der Waals surface area contributed by atoms with Crippen molar-refractivity contribution in [2.45, 2.75) is 38.5 Å². The van der Waals surface area contributed by atoms with Gasteiger partial charge in [0.2, 0.25) is 0 Å². The smallest absolute Gasteiger partial charge is 0.124 e. The van der Waals surface area contributed by atoms with Gasteiger partial charge in [0.05, 0.1) is 5.69 Å². The lowest BCUT2D eigenvalue weighted by Crippen LogP contribution is -2.17. The SMILES string of the molecule is NC(=S)c1ncccc1NCCC1CCCCC1. The first kappa shape index (κ1) is 13.3. The van der Waals surface area contributed by atoms with Gasteiger partial charge in [-0.05, 0) is 24.5 Å². The van der Waals surface area contributed by atoms with E-state index in [0.29, 0.717) is 10.7 Å². The molecule has 1 fully saturated rings. The Bertz CT molecular complexity index is 400. The van der Waals surface area contributed by atoms with Crippen LogP contribution < -0.4 is 11.1 Å². The Kier molecular flexibility index (Phi) is 4.93. The van der Waals surface area contributed by atoms with E-state index in [0.717, 1.165) is 18.2 Å². The highest BCUT2D eigenvalue weighted by Crippen LogP contribution is 2.26. The highest BCUT2D eigenvalue weighted by molar-refractivity contribution is 7.80. The van der Waals surface area contributed by atoms with Crippen LogP contribution in [0.3, 0.4) is 0 Å². The predicted molar refractivity (Wildman–Crippen MR) is 79.8 cm³/mol. The molecule has 0 aliphatic heterocycles. The van der Waals surface area contributed by atoms with Crippen LogP contribution >= 0.6 is 12.2 Å². The van der Waals surface area contributed by atoms with Crippen molar-refractivity contribution < 1.29 is 0 Å². The molecular formula is C14H21N3S. The Labute approximate surface area is 114 Å². The number of hydrogen-bond donors (Lipinski definition) is 2. The molecule has 3 nitrogen and oxygen atoms in total. The van der Waals surface area contributed by atoms with Gasteiger partial charge in [-0.2, -0.15) is 0 Å². The van der Waals surface area contributed by atoms with E-state index in [1.165, 1.54) is 38.5 Å². The zero-order valence-corrected chi connectivity index (χ0v) is 11.5. The van der Waals surface area contributed by atoms with Crippen molar-refractivity contribution in [2.75, 3.05) is 11.9 Å². The highest BCUT2D eigenvalue weighted by atomic mass is 32.1. The van der Waals surface area contributed by atoms with E-state index < -0.39 is 0 Å². The number of nitrogens with zero attached hydrogens (tertiary/aromatic N) is 1. The molecule has 4 heteroatoms. The first-order valence-electron chi connectivity index (χ1n) is 6.76. The van der Waals surface area contributed by atoms with Crippen LogP contribution in [-0.4, -0.2) is 16.5 Å². The minimum atomic E-state index is 0.357. The van der Waals surface area contributed by atoms with Gasteiger partial charge in [-0.3, -0.25) is 4.98 Å². The van der Waals surface area contributed by atoms with Crippen molar-refractivity contribution >= 4 is 22.9 Å². The topological polar surface area (TPSA) is 50.9 Å². The minimum Gasteiger partial charge on any atom is -0.388 e. The fourth-order valence-electron chi connectivity index (χ4n) is 2.63. The van der Waals surface area contributed by atoms with E-state index in [-0.39, 0.29) is 0 Å². The molecule has 0 amide bonds. The molecule has 1 saturated carbocycles. The second-order valence-electron chi connectivity index (χ2n) is 4.98. The summed E-state index contributed by atoms with van der Waals surface area (Å²) >= 11 is 5.00. The van der Waals surface area contributed by atoms with Crippen LogP contribution in [0.5, 0.6) is 0 Å². The zero-order valence-electron chi connectivity index (χ0n) is 10.7. The standard InChI is InChI=1S/C14H21N3S/c15-14(18)13-12(7-4-9-17-13)16-10-8-11-5-2-1-3-6-11/h4,7,9,11,16H,1-3,5-6,8,10H2,(H2,15,18). The van der Waals surface area contributed by atoms with Crippen LogP contribution in [-0.2, 0) is 0 Å². The third-order valence-electron chi connectivity index (χ3n) is 3.63. The molecule has 0 unspecified atom stereocenters. The first-order chi connectivity index (χ1) is 8.77. The van der Waals surface area contributed by atoms with Gasteiger partial charge in [-0.25, -0.2) is 0 Å². The molecule has 0 bridgehead atoms. The fraction of sp³-hybridized carbons (Fsp3) is 0.571. The number of hydrogen-bond acceptors (Lipinski definition) is 3. The molecule has 2 rings (SSSR count). The van der Waals surface area contributed by atoms with E-state index >= 15 is 0 Å². The molecule has 0 saturated heterocycles. The van der Waals surface area contributed by atoms with E-state index in [4.69, 9.17) is 18.0 Å². The van der Waals surface area contributed by atoms with Gasteiger partial charge < -0.3 is 11.1 Å². The number of rotatable bonds is 5. The summed E-state index contributed by atoms with van der Waals surface area (Å²) < 4.78 is 0. The number of anilines is 1. The van der Waals surface area contributed by atoms with Crippen molar-refractivity contribution in [1.29, 1.82) is 0 Å². The van der Waals surface area contributed by atoms with Crippen LogP contribution in [0.2, 0.25) is 0 Å². The normalized spacial score (nSPS) is 16.4. The molecule has 0 aromatic carbocycles. The van der Waals surface area contributed by atoms with Gasteiger partial charge in [0.15, 0.2) is 0 Å². The maximum atomic E-state index is 5.66. The van der Waals surface area contributed by atoms with Crippen LogP contribution in [0.1, 0.15) is 44.2 Å². The number of nitrogens with one attached hydrogen (secondary N) is 1. The summed E-state index contributed by atoms with van der Waals surface area (Å²) in [4.78, 5) is 4.57. The Morgan fingerprint density at radius 3 is 2.89 bits per heavy atom. The predicted octanol–water partition coefficient (Wildman–Crippen LogP) is 3.10. The molecule has 0 radical (unpaired) electrons. The molecule has 98 valence electrons. The number of pyridine rings is 1. The fourth-order valence-corrected chi connectivity index (χ4v) is 2.79. The van der Waals surface area contributed by atoms with Gasteiger partial charge in [0.1, 0.15) is 10.7 Å². The van der Waals surface area contributed by atoms with Crippen molar-refractivity contribution in [3.8, 4) is 0 Å². The van der Waals surface area contributed by atoms with E-state index in [9.17, 15) is 0 Å². The lowest BCUT2D eigenvalue weighted by molar-refractivity contribution is 0.345. The Hall–Kier alpha value is -1.16. The van der Waals surface area contributed by atoms with Gasteiger partial charge in [-0.1, -0.05) is 44.3 Å².